The van der Waals surface area contributed by atoms with Crippen molar-refractivity contribution in [3.8, 4) is 0 Å². The van der Waals surface area contributed by atoms with Crippen molar-refractivity contribution in [1.29, 1.82) is 0 Å². The molecule has 1 aliphatic rings. The molecular formula is C10H16O7P+. The summed E-state index contributed by atoms with van der Waals surface area (Å²) in [5.74, 6) is -3.45. The van der Waals surface area contributed by atoms with Gasteiger partial charge in [0.25, 0.3) is 5.50 Å². The van der Waals surface area contributed by atoms with Crippen LogP contribution in [0.2, 0.25) is 0 Å². The fraction of sp³-hybridized carbons (Fsp3) is 0.600. The molecular weight excluding hydrogens is 263 g/mol. The number of carboxylic acid groups (broad SMARTS) is 2. The molecule has 0 radical (unpaired) electrons. The lowest BCUT2D eigenvalue weighted by atomic mass is 10.1. The molecule has 0 aromatic carbocycles. The van der Waals surface area contributed by atoms with Gasteiger partial charge in [0.1, 0.15) is 6.16 Å². The Labute approximate surface area is 104 Å². The summed E-state index contributed by atoms with van der Waals surface area (Å²) in [4.78, 5) is 41.1. The van der Waals surface area contributed by atoms with Gasteiger partial charge in [-0.05, 0) is 6.42 Å². The first kappa shape index (κ1) is 14.9. The summed E-state index contributed by atoms with van der Waals surface area (Å²) in [5.41, 5.74) is 0.0454. The molecule has 0 fully saturated rings. The Morgan fingerprint density at radius 1 is 1.39 bits per heavy atom. The highest BCUT2D eigenvalue weighted by Crippen LogP contribution is 2.61. The molecule has 0 spiro atoms. The van der Waals surface area contributed by atoms with E-state index in [9.17, 15) is 19.4 Å². The van der Waals surface area contributed by atoms with Crippen molar-refractivity contribution in [3.63, 3.8) is 0 Å². The third kappa shape index (κ3) is 4.25. The van der Waals surface area contributed by atoms with Gasteiger partial charge in [-0.1, -0.05) is 0 Å². The fourth-order valence-electron chi connectivity index (χ4n) is 1.64. The molecule has 1 unspecified atom stereocenters. The minimum Gasteiger partial charge on any atom is -0.481 e. The zero-order valence-electron chi connectivity index (χ0n) is 9.65. The van der Waals surface area contributed by atoms with Crippen LogP contribution in [0.5, 0.6) is 0 Å². The molecule has 7 nitrogen and oxygen atoms in total. The third-order valence-corrected chi connectivity index (χ3v) is 4.54. The van der Waals surface area contributed by atoms with Crippen LogP contribution in [0.1, 0.15) is 19.3 Å². The molecule has 8 heteroatoms. The third-order valence-electron chi connectivity index (χ3n) is 2.57. The second kappa shape index (κ2) is 6.13. The summed E-state index contributed by atoms with van der Waals surface area (Å²) in [5, 5.41) is 17.4. The Bertz CT molecular complexity index is 363. The van der Waals surface area contributed by atoms with Gasteiger partial charge in [0, 0.05) is 18.9 Å². The van der Waals surface area contributed by atoms with E-state index in [0.717, 1.165) is 0 Å². The molecule has 0 saturated carbocycles. The van der Waals surface area contributed by atoms with Gasteiger partial charge >= 0.3 is 19.7 Å². The molecule has 0 saturated heterocycles. The van der Waals surface area contributed by atoms with Crippen LogP contribution in [0.15, 0.2) is 11.6 Å². The molecule has 1 rings (SSSR count). The molecule has 102 valence electrons. The molecule has 1 heterocycles. The molecule has 1 aliphatic heterocycles. The molecule has 18 heavy (non-hydrogen) atoms. The number of carbonyl (C=O) groups is 2. The summed E-state index contributed by atoms with van der Waals surface area (Å²) in [7, 11) is -3.60. The quantitative estimate of drug-likeness (QED) is 0.504. The summed E-state index contributed by atoms with van der Waals surface area (Å²) < 4.78 is 5.03. The van der Waals surface area contributed by atoms with Crippen LogP contribution in [0.4, 0.5) is 0 Å². The van der Waals surface area contributed by atoms with Gasteiger partial charge in [-0.15, -0.1) is 0 Å². The zero-order chi connectivity index (χ0) is 13.8. The first-order chi connectivity index (χ1) is 8.33. The molecule has 0 aromatic heterocycles. The first-order valence-electron chi connectivity index (χ1n) is 5.44. The van der Waals surface area contributed by atoms with E-state index >= 15 is 0 Å². The minimum absolute atomic E-state index is 0.0454. The van der Waals surface area contributed by atoms with E-state index in [4.69, 9.17) is 14.9 Å². The van der Waals surface area contributed by atoms with Gasteiger partial charge in [-0.3, -0.25) is 9.59 Å². The Kier molecular flexibility index (Phi) is 5.07. The largest absolute Gasteiger partial charge is 0.481 e. The topological polar surface area (TPSA) is 124 Å². The normalized spacial score (nSPS) is 16.9. The van der Waals surface area contributed by atoms with Gasteiger partial charge in [0.05, 0.1) is 12.5 Å². The van der Waals surface area contributed by atoms with Crippen LogP contribution in [0, 0.1) is 5.92 Å². The van der Waals surface area contributed by atoms with Crippen molar-refractivity contribution in [2.45, 2.75) is 19.3 Å². The Hall–Kier alpha value is -1.17. The average Bonchev–Trinajstić information content (AvgIpc) is 2.77. The molecule has 4 N–H and O–H groups in total. The standard InChI is InChI=1S/C10H15O7P/c11-8(12)4-3-7(10(13)14)6-18(15,16)9-2-1-5-17-9/h2,7,15-16H,1,3-6H2,(H-,11,12,13,14)/p+1. The molecule has 1 atom stereocenters. The SMILES string of the molecule is O=C(O)CCC(C[P+](O)(O)C1=CCCO1)C(=O)O. The lowest BCUT2D eigenvalue weighted by Crippen LogP contribution is -2.21. The summed E-state index contributed by atoms with van der Waals surface area (Å²) in [6.07, 6.45) is 1.24. The van der Waals surface area contributed by atoms with Crippen LogP contribution in [0.3, 0.4) is 0 Å². The van der Waals surface area contributed by atoms with Gasteiger partial charge in [0.15, 0.2) is 0 Å². The average molecular weight is 279 g/mol. The van der Waals surface area contributed by atoms with E-state index in [-0.39, 0.29) is 24.5 Å². The molecule has 0 amide bonds. The Morgan fingerprint density at radius 3 is 2.50 bits per heavy atom. The summed E-state index contributed by atoms with van der Waals surface area (Å²) in [6, 6.07) is 0. The van der Waals surface area contributed by atoms with Crippen LogP contribution < -0.4 is 0 Å². The molecule has 0 aliphatic carbocycles. The van der Waals surface area contributed by atoms with Gasteiger partial charge in [-0.25, -0.2) is 9.79 Å². The maximum atomic E-state index is 10.9. The number of hydrogen-bond donors (Lipinski definition) is 4. The lowest BCUT2D eigenvalue weighted by Gasteiger charge is -2.16. The van der Waals surface area contributed by atoms with Gasteiger partial charge < -0.3 is 14.9 Å². The van der Waals surface area contributed by atoms with E-state index in [1.807, 2.05) is 0 Å². The maximum absolute atomic E-state index is 10.9. The van der Waals surface area contributed by atoms with Crippen molar-refractivity contribution < 1.29 is 34.3 Å². The van der Waals surface area contributed by atoms with Crippen molar-refractivity contribution in [2.75, 3.05) is 12.8 Å². The molecule has 0 bridgehead atoms. The van der Waals surface area contributed by atoms with Crippen LogP contribution in [-0.4, -0.2) is 44.7 Å². The second-order valence-electron chi connectivity index (χ2n) is 4.06. The van der Waals surface area contributed by atoms with Crippen LogP contribution >= 0.6 is 7.72 Å². The van der Waals surface area contributed by atoms with Crippen LogP contribution in [0.25, 0.3) is 0 Å². The minimum atomic E-state index is -3.60. The van der Waals surface area contributed by atoms with E-state index in [0.29, 0.717) is 13.0 Å². The second-order valence-corrected chi connectivity index (χ2v) is 6.33. The summed E-state index contributed by atoms with van der Waals surface area (Å²) in [6.45, 7) is 0.352. The number of carboxylic acids is 2. The number of hydrogen-bond acceptors (Lipinski definition) is 5. The predicted molar refractivity (Wildman–Crippen MR) is 62.9 cm³/mol. The monoisotopic (exact) mass is 279 g/mol. The first-order valence-corrected chi connectivity index (χ1v) is 7.32. The van der Waals surface area contributed by atoms with E-state index in [1.54, 1.807) is 0 Å². The van der Waals surface area contributed by atoms with Crippen molar-refractivity contribution in [3.05, 3.63) is 11.6 Å². The molecule has 0 aromatic rings. The van der Waals surface area contributed by atoms with E-state index in [2.05, 4.69) is 0 Å². The van der Waals surface area contributed by atoms with E-state index < -0.39 is 25.6 Å². The highest BCUT2D eigenvalue weighted by atomic mass is 31.2. The van der Waals surface area contributed by atoms with E-state index in [1.165, 1.54) is 6.08 Å². The number of aliphatic carboxylic acids is 2. The summed E-state index contributed by atoms with van der Waals surface area (Å²) >= 11 is 0. The maximum Gasteiger partial charge on any atom is 0.337 e. The van der Waals surface area contributed by atoms with Gasteiger partial charge in [0.2, 0.25) is 0 Å². The van der Waals surface area contributed by atoms with Crippen molar-refractivity contribution in [2.24, 2.45) is 5.92 Å². The number of ether oxygens (including phenoxy) is 1. The fourth-order valence-corrected chi connectivity index (χ4v) is 3.50. The van der Waals surface area contributed by atoms with Gasteiger partial charge in [-0.2, -0.15) is 0 Å². The smallest absolute Gasteiger partial charge is 0.337 e. The highest BCUT2D eigenvalue weighted by molar-refractivity contribution is 7.68. The Balaban J connectivity index is 2.64. The van der Waals surface area contributed by atoms with Crippen molar-refractivity contribution in [1.82, 2.24) is 0 Å². The lowest BCUT2D eigenvalue weighted by molar-refractivity contribution is -0.142. The van der Waals surface area contributed by atoms with Crippen molar-refractivity contribution >= 4 is 19.7 Å². The highest BCUT2D eigenvalue weighted by Gasteiger charge is 2.46. The van der Waals surface area contributed by atoms with Crippen LogP contribution in [-0.2, 0) is 14.3 Å². The number of rotatable bonds is 7. The zero-order valence-corrected chi connectivity index (χ0v) is 10.5. The predicted octanol–water partition coefficient (Wildman–Crippen LogP) is 0.646. The Morgan fingerprint density at radius 2 is 2.06 bits per heavy atom.